The first-order chi connectivity index (χ1) is 11.4. The van der Waals surface area contributed by atoms with E-state index < -0.39 is 10.8 Å². The van der Waals surface area contributed by atoms with Gasteiger partial charge in [-0.25, -0.2) is 0 Å². The molecular formula is C17H16ClN3O2S. The summed E-state index contributed by atoms with van der Waals surface area (Å²) in [6.45, 7) is -0.196. The van der Waals surface area contributed by atoms with Crippen LogP contribution in [-0.2, 0) is 14.5 Å². The lowest BCUT2D eigenvalue weighted by molar-refractivity contribution is -0.122. The van der Waals surface area contributed by atoms with Gasteiger partial charge in [0.25, 0.3) is 0 Å². The van der Waals surface area contributed by atoms with Crippen molar-refractivity contribution in [1.82, 2.24) is 0 Å². The highest BCUT2D eigenvalue weighted by atomic mass is 35.5. The van der Waals surface area contributed by atoms with Crippen LogP contribution < -0.4 is 16.4 Å². The summed E-state index contributed by atoms with van der Waals surface area (Å²) >= 11 is 7.47. The van der Waals surface area contributed by atoms with Crippen LogP contribution in [0, 0.1) is 0 Å². The van der Waals surface area contributed by atoms with Crippen molar-refractivity contribution < 1.29 is 9.59 Å². The van der Waals surface area contributed by atoms with E-state index in [1.807, 2.05) is 30.3 Å². The maximum atomic E-state index is 12.8. The van der Waals surface area contributed by atoms with Crippen LogP contribution in [0.5, 0.6) is 0 Å². The van der Waals surface area contributed by atoms with Crippen LogP contribution in [-0.4, -0.2) is 18.4 Å². The van der Waals surface area contributed by atoms with E-state index in [4.69, 9.17) is 23.1 Å². The maximum Gasteiger partial charge on any atom is 0.237 e. The predicted octanol–water partition coefficient (Wildman–Crippen LogP) is 2.47. The van der Waals surface area contributed by atoms with Crippen molar-refractivity contribution in [2.45, 2.75) is 16.2 Å². The van der Waals surface area contributed by atoms with Crippen LogP contribution in [0.15, 0.2) is 53.4 Å². The van der Waals surface area contributed by atoms with Crippen molar-refractivity contribution in [3.63, 3.8) is 0 Å². The third-order valence-corrected chi connectivity index (χ3v) is 5.32. The molecule has 0 bridgehead atoms. The number of primary amides is 1. The number of carbonyl (C=O) groups excluding carboxylic acids is 2. The molecule has 0 radical (unpaired) electrons. The molecule has 0 fully saturated rings. The number of thioether (sulfide) groups is 1. The minimum atomic E-state index is -0.954. The molecule has 2 amide bonds. The lowest BCUT2D eigenvalue weighted by Crippen LogP contribution is -2.42. The van der Waals surface area contributed by atoms with Gasteiger partial charge in [0.1, 0.15) is 11.4 Å². The highest BCUT2D eigenvalue weighted by molar-refractivity contribution is 8.00. The first-order valence-corrected chi connectivity index (χ1v) is 8.50. The van der Waals surface area contributed by atoms with Gasteiger partial charge >= 0.3 is 0 Å². The Labute approximate surface area is 148 Å². The van der Waals surface area contributed by atoms with Crippen molar-refractivity contribution >= 4 is 40.9 Å². The predicted molar refractivity (Wildman–Crippen MR) is 95.8 cm³/mol. The van der Waals surface area contributed by atoms with Gasteiger partial charge in [-0.3, -0.25) is 9.59 Å². The number of amides is 2. The van der Waals surface area contributed by atoms with E-state index in [-0.39, 0.29) is 18.9 Å². The Hall–Kier alpha value is -2.02. The number of nitrogens with two attached hydrogens (primary N) is 2. The molecule has 7 heteroatoms. The molecule has 0 aromatic heterocycles. The first-order valence-electron chi connectivity index (χ1n) is 7.31. The molecule has 1 aliphatic rings. The smallest absolute Gasteiger partial charge is 0.237 e. The van der Waals surface area contributed by atoms with Gasteiger partial charge in [0.2, 0.25) is 11.8 Å². The zero-order valence-electron chi connectivity index (χ0n) is 12.7. The quantitative estimate of drug-likeness (QED) is 0.878. The molecule has 0 spiro atoms. The Balaban J connectivity index is 2.12. The Morgan fingerprint density at radius 1 is 1.25 bits per heavy atom. The summed E-state index contributed by atoms with van der Waals surface area (Å²) in [6.07, 6.45) is 0.0429. The molecule has 1 heterocycles. The minimum Gasteiger partial charge on any atom is -0.368 e. The second kappa shape index (κ2) is 6.47. The second-order valence-electron chi connectivity index (χ2n) is 5.59. The SMILES string of the molecule is NC(=O)CN1C(=O)CC(N)(c2ccccc2)Sc2cc(Cl)ccc21. The summed E-state index contributed by atoms with van der Waals surface area (Å²) < 4.78 is 0. The van der Waals surface area contributed by atoms with Gasteiger partial charge in [0, 0.05) is 9.92 Å². The highest BCUT2D eigenvalue weighted by Gasteiger charge is 2.38. The van der Waals surface area contributed by atoms with Gasteiger partial charge in [-0.2, -0.15) is 0 Å². The van der Waals surface area contributed by atoms with Crippen LogP contribution in [0.4, 0.5) is 5.69 Å². The van der Waals surface area contributed by atoms with Crippen LogP contribution in [0.3, 0.4) is 0 Å². The van der Waals surface area contributed by atoms with Gasteiger partial charge in [-0.15, -0.1) is 0 Å². The number of nitrogens with zero attached hydrogens (tertiary/aromatic N) is 1. The molecule has 2 aromatic carbocycles. The monoisotopic (exact) mass is 361 g/mol. The van der Waals surface area contributed by atoms with E-state index >= 15 is 0 Å². The van der Waals surface area contributed by atoms with Crippen LogP contribution in [0.1, 0.15) is 12.0 Å². The summed E-state index contributed by atoms with van der Waals surface area (Å²) in [5, 5.41) is 0.532. The Kier molecular flexibility index (Phi) is 4.54. The molecule has 5 nitrogen and oxygen atoms in total. The largest absolute Gasteiger partial charge is 0.368 e. The number of fused-ring (bicyclic) bond motifs is 1. The molecule has 124 valence electrons. The molecule has 0 aliphatic carbocycles. The van der Waals surface area contributed by atoms with E-state index in [1.165, 1.54) is 16.7 Å². The van der Waals surface area contributed by atoms with Crippen molar-refractivity contribution in [2.24, 2.45) is 11.5 Å². The molecule has 2 aromatic rings. The Morgan fingerprint density at radius 3 is 2.62 bits per heavy atom. The van der Waals surface area contributed by atoms with E-state index in [0.717, 1.165) is 10.5 Å². The molecule has 24 heavy (non-hydrogen) atoms. The number of carbonyl (C=O) groups is 2. The molecule has 1 unspecified atom stereocenters. The first kappa shape index (κ1) is 16.8. The molecule has 3 rings (SSSR count). The Bertz CT molecular complexity index is 800. The number of halogens is 1. The van der Waals surface area contributed by atoms with E-state index in [9.17, 15) is 9.59 Å². The summed E-state index contributed by atoms with van der Waals surface area (Å²) in [5.74, 6) is -0.841. The average Bonchev–Trinajstić information content (AvgIpc) is 2.63. The average molecular weight is 362 g/mol. The standard InChI is InChI=1S/C17H16ClN3O2S/c18-12-6-7-13-14(8-12)24-17(20,11-4-2-1-3-5-11)9-16(23)21(13)10-15(19)22/h1-8H,9-10,20H2,(H2,19,22). The molecule has 4 N–H and O–H groups in total. The summed E-state index contributed by atoms with van der Waals surface area (Å²) in [6, 6.07) is 14.5. The van der Waals surface area contributed by atoms with Gasteiger partial charge in [0.15, 0.2) is 0 Å². The zero-order chi connectivity index (χ0) is 17.3. The number of hydrogen-bond acceptors (Lipinski definition) is 4. The van der Waals surface area contributed by atoms with Gasteiger partial charge in [-0.05, 0) is 23.8 Å². The Morgan fingerprint density at radius 2 is 1.96 bits per heavy atom. The van der Waals surface area contributed by atoms with E-state index in [1.54, 1.807) is 18.2 Å². The number of hydrogen-bond donors (Lipinski definition) is 2. The van der Waals surface area contributed by atoms with E-state index in [2.05, 4.69) is 0 Å². The fourth-order valence-electron chi connectivity index (χ4n) is 2.69. The third kappa shape index (κ3) is 3.26. The lowest BCUT2D eigenvalue weighted by Gasteiger charge is -2.27. The van der Waals surface area contributed by atoms with Gasteiger partial charge < -0.3 is 16.4 Å². The summed E-state index contributed by atoms with van der Waals surface area (Å²) in [4.78, 5) is 25.3. The highest BCUT2D eigenvalue weighted by Crippen LogP contribution is 2.47. The van der Waals surface area contributed by atoms with Crippen molar-refractivity contribution in [2.75, 3.05) is 11.4 Å². The minimum absolute atomic E-state index is 0.0429. The fourth-order valence-corrected chi connectivity index (χ4v) is 4.24. The third-order valence-electron chi connectivity index (χ3n) is 3.80. The summed E-state index contributed by atoms with van der Waals surface area (Å²) in [7, 11) is 0. The molecular weight excluding hydrogens is 346 g/mol. The second-order valence-corrected chi connectivity index (χ2v) is 7.40. The zero-order valence-corrected chi connectivity index (χ0v) is 14.3. The van der Waals surface area contributed by atoms with Crippen molar-refractivity contribution in [3.05, 3.63) is 59.1 Å². The van der Waals surface area contributed by atoms with E-state index in [0.29, 0.717) is 10.7 Å². The van der Waals surface area contributed by atoms with Gasteiger partial charge in [-0.1, -0.05) is 53.7 Å². The topological polar surface area (TPSA) is 89.4 Å². The van der Waals surface area contributed by atoms with Crippen molar-refractivity contribution in [1.29, 1.82) is 0 Å². The van der Waals surface area contributed by atoms with Crippen LogP contribution in [0.2, 0.25) is 5.02 Å². The normalized spacial score (nSPS) is 20.4. The van der Waals surface area contributed by atoms with Crippen LogP contribution in [0.25, 0.3) is 0 Å². The van der Waals surface area contributed by atoms with Crippen LogP contribution >= 0.6 is 23.4 Å². The number of rotatable bonds is 3. The lowest BCUT2D eigenvalue weighted by atomic mass is 10.0. The number of benzene rings is 2. The van der Waals surface area contributed by atoms with Gasteiger partial charge in [0.05, 0.1) is 12.1 Å². The molecule has 0 saturated carbocycles. The van der Waals surface area contributed by atoms with Crippen molar-refractivity contribution in [3.8, 4) is 0 Å². The molecule has 0 saturated heterocycles. The molecule has 1 aliphatic heterocycles. The summed E-state index contributed by atoms with van der Waals surface area (Å²) in [5.41, 5.74) is 13.3. The maximum absolute atomic E-state index is 12.8. The number of anilines is 1. The molecule has 1 atom stereocenters. The fraction of sp³-hybridized carbons (Fsp3) is 0.176.